The molecule has 0 saturated heterocycles. The highest BCUT2D eigenvalue weighted by Crippen LogP contribution is 2.11. The van der Waals surface area contributed by atoms with Crippen molar-refractivity contribution in [2.24, 2.45) is 0 Å². The molecule has 0 atom stereocenters. The summed E-state index contributed by atoms with van der Waals surface area (Å²) in [4.78, 5) is 4.45. The minimum atomic E-state index is 0.907. The smallest absolute Gasteiger partial charge is 0.113 e. The molecule has 1 N–H and O–H groups in total. The molecule has 1 heterocycles. The summed E-state index contributed by atoms with van der Waals surface area (Å²) in [7, 11) is 1.97. The Hall–Kier alpha value is -1.61. The van der Waals surface area contributed by atoms with Gasteiger partial charge in [0.05, 0.1) is 0 Å². The van der Waals surface area contributed by atoms with Crippen molar-refractivity contribution in [2.75, 3.05) is 7.05 Å². The first kappa shape index (κ1) is 12.8. The Labute approximate surface area is 109 Å². The highest BCUT2D eigenvalue weighted by atomic mass is 15.1. The molecule has 2 rings (SSSR count). The normalized spacial score (nSPS) is 10.8. The van der Waals surface area contributed by atoms with Gasteiger partial charge in [0.25, 0.3) is 0 Å². The van der Waals surface area contributed by atoms with E-state index in [4.69, 9.17) is 0 Å². The van der Waals surface area contributed by atoms with E-state index in [1.165, 1.54) is 11.1 Å². The van der Waals surface area contributed by atoms with Gasteiger partial charge < -0.3 is 9.88 Å². The molecule has 1 aromatic carbocycles. The fourth-order valence-electron chi connectivity index (χ4n) is 2.19. The van der Waals surface area contributed by atoms with Gasteiger partial charge in [0, 0.05) is 31.9 Å². The van der Waals surface area contributed by atoms with Gasteiger partial charge in [0.1, 0.15) is 5.82 Å². The quantitative estimate of drug-likeness (QED) is 0.845. The molecule has 0 spiro atoms. The predicted octanol–water partition coefficient (Wildman–Crippen LogP) is 2.60. The van der Waals surface area contributed by atoms with Gasteiger partial charge in [-0.2, -0.15) is 0 Å². The largest absolute Gasteiger partial charge is 0.335 e. The molecule has 0 unspecified atom stereocenters. The maximum atomic E-state index is 4.45. The number of aromatic nitrogens is 2. The monoisotopic (exact) mass is 243 g/mol. The minimum Gasteiger partial charge on any atom is -0.335 e. The Balaban J connectivity index is 2.12. The number of rotatable bonds is 6. The molecule has 96 valence electrons. The van der Waals surface area contributed by atoms with E-state index < -0.39 is 0 Å². The van der Waals surface area contributed by atoms with E-state index >= 15 is 0 Å². The van der Waals surface area contributed by atoms with Crippen LogP contribution in [0.4, 0.5) is 0 Å². The maximum Gasteiger partial charge on any atom is 0.113 e. The molecule has 3 nitrogen and oxygen atoms in total. The van der Waals surface area contributed by atoms with E-state index in [0.717, 1.165) is 31.8 Å². The molecule has 1 aromatic heterocycles. The average Bonchev–Trinajstić information content (AvgIpc) is 2.78. The Bertz CT molecular complexity index is 488. The molecule has 0 fully saturated rings. The Morgan fingerprint density at radius 2 is 2.11 bits per heavy atom. The van der Waals surface area contributed by atoms with Crippen LogP contribution in [-0.4, -0.2) is 16.6 Å². The van der Waals surface area contributed by atoms with Crippen LogP contribution in [0.2, 0.25) is 0 Å². The summed E-state index contributed by atoms with van der Waals surface area (Å²) in [5.74, 6) is 1.15. The summed E-state index contributed by atoms with van der Waals surface area (Å²) in [6.45, 7) is 4.15. The Kier molecular flexibility index (Phi) is 4.53. The van der Waals surface area contributed by atoms with Gasteiger partial charge in [0.15, 0.2) is 0 Å². The zero-order valence-corrected chi connectivity index (χ0v) is 11.2. The second kappa shape index (κ2) is 6.36. The molecule has 0 amide bonds. The first-order valence-electron chi connectivity index (χ1n) is 6.56. The molecule has 3 heteroatoms. The van der Waals surface area contributed by atoms with Crippen LogP contribution in [0.3, 0.4) is 0 Å². The second-order valence-corrected chi connectivity index (χ2v) is 4.56. The van der Waals surface area contributed by atoms with Crippen LogP contribution >= 0.6 is 0 Å². The van der Waals surface area contributed by atoms with Crippen LogP contribution in [-0.2, 0) is 19.5 Å². The molecular formula is C15H21N3. The number of nitrogens with one attached hydrogen (secondary N) is 1. The molecule has 0 saturated carbocycles. The van der Waals surface area contributed by atoms with E-state index in [-0.39, 0.29) is 0 Å². The van der Waals surface area contributed by atoms with Crippen molar-refractivity contribution >= 4 is 0 Å². The van der Waals surface area contributed by atoms with E-state index in [1.54, 1.807) is 0 Å². The molecule has 0 radical (unpaired) electrons. The van der Waals surface area contributed by atoms with Crippen LogP contribution in [0.25, 0.3) is 0 Å². The fourth-order valence-corrected chi connectivity index (χ4v) is 2.19. The van der Waals surface area contributed by atoms with Crippen LogP contribution in [0.5, 0.6) is 0 Å². The lowest BCUT2D eigenvalue weighted by Crippen LogP contribution is -2.06. The number of hydrogen-bond donors (Lipinski definition) is 1. The fraction of sp³-hybridized carbons (Fsp3) is 0.400. The second-order valence-electron chi connectivity index (χ2n) is 4.56. The minimum absolute atomic E-state index is 0.907. The van der Waals surface area contributed by atoms with Crippen LogP contribution in [0.15, 0.2) is 36.7 Å². The summed E-state index contributed by atoms with van der Waals surface area (Å²) in [6, 6.07) is 8.69. The standard InChI is InChI=1S/C15H21N3/c1-3-8-18-9-7-17-15(18)11-13-5-4-6-14(10-13)12-16-2/h4-7,9-10,16H,3,8,11-12H2,1-2H3. The number of hydrogen-bond acceptors (Lipinski definition) is 2. The summed E-state index contributed by atoms with van der Waals surface area (Å²) < 4.78 is 2.24. The van der Waals surface area contributed by atoms with E-state index in [9.17, 15) is 0 Å². The summed E-state index contributed by atoms with van der Waals surface area (Å²) in [6.07, 6.45) is 6.01. The SMILES string of the molecule is CCCn1ccnc1Cc1cccc(CNC)c1. The number of aryl methyl sites for hydroxylation is 1. The van der Waals surface area contributed by atoms with Gasteiger partial charge in [-0.3, -0.25) is 0 Å². The first-order valence-corrected chi connectivity index (χ1v) is 6.56. The van der Waals surface area contributed by atoms with Crippen LogP contribution < -0.4 is 5.32 Å². The zero-order chi connectivity index (χ0) is 12.8. The van der Waals surface area contributed by atoms with E-state index in [1.807, 2.05) is 13.2 Å². The van der Waals surface area contributed by atoms with Crippen molar-refractivity contribution in [1.29, 1.82) is 0 Å². The van der Waals surface area contributed by atoms with Crippen molar-refractivity contribution in [3.05, 3.63) is 53.6 Å². The lowest BCUT2D eigenvalue weighted by molar-refractivity contribution is 0.646. The molecule has 18 heavy (non-hydrogen) atoms. The van der Waals surface area contributed by atoms with Crippen LogP contribution in [0.1, 0.15) is 30.3 Å². The van der Waals surface area contributed by atoms with Gasteiger partial charge >= 0.3 is 0 Å². The third kappa shape index (κ3) is 3.20. The molecule has 0 aliphatic carbocycles. The summed E-state index contributed by atoms with van der Waals surface area (Å²) in [5.41, 5.74) is 2.65. The maximum absolute atomic E-state index is 4.45. The Morgan fingerprint density at radius 1 is 1.28 bits per heavy atom. The van der Waals surface area contributed by atoms with Crippen LogP contribution in [0, 0.1) is 0 Å². The highest BCUT2D eigenvalue weighted by molar-refractivity contribution is 5.26. The highest BCUT2D eigenvalue weighted by Gasteiger charge is 2.04. The van der Waals surface area contributed by atoms with E-state index in [2.05, 4.69) is 52.3 Å². The number of imidazole rings is 1. The molecule has 2 aromatic rings. The van der Waals surface area contributed by atoms with Gasteiger partial charge in [-0.1, -0.05) is 31.2 Å². The summed E-state index contributed by atoms with van der Waals surface area (Å²) >= 11 is 0. The average molecular weight is 243 g/mol. The van der Waals surface area contributed by atoms with Crippen molar-refractivity contribution < 1.29 is 0 Å². The lowest BCUT2D eigenvalue weighted by Gasteiger charge is -2.07. The molecule has 0 aliphatic rings. The van der Waals surface area contributed by atoms with Crippen molar-refractivity contribution in [2.45, 2.75) is 32.9 Å². The predicted molar refractivity (Wildman–Crippen MR) is 74.5 cm³/mol. The molecule has 0 aliphatic heterocycles. The first-order chi connectivity index (χ1) is 8.83. The molecule has 0 bridgehead atoms. The van der Waals surface area contributed by atoms with Gasteiger partial charge in [-0.25, -0.2) is 4.98 Å². The molecular weight excluding hydrogens is 222 g/mol. The van der Waals surface area contributed by atoms with E-state index in [0.29, 0.717) is 0 Å². The third-order valence-electron chi connectivity index (χ3n) is 3.00. The van der Waals surface area contributed by atoms with Gasteiger partial charge in [-0.05, 0) is 24.6 Å². The number of benzene rings is 1. The van der Waals surface area contributed by atoms with Crippen molar-refractivity contribution in [3.8, 4) is 0 Å². The van der Waals surface area contributed by atoms with Gasteiger partial charge in [-0.15, -0.1) is 0 Å². The topological polar surface area (TPSA) is 29.9 Å². The number of nitrogens with zero attached hydrogens (tertiary/aromatic N) is 2. The van der Waals surface area contributed by atoms with Crippen molar-refractivity contribution in [3.63, 3.8) is 0 Å². The third-order valence-corrected chi connectivity index (χ3v) is 3.00. The Morgan fingerprint density at radius 3 is 2.89 bits per heavy atom. The zero-order valence-electron chi connectivity index (χ0n) is 11.2. The van der Waals surface area contributed by atoms with Gasteiger partial charge in [0.2, 0.25) is 0 Å². The van der Waals surface area contributed by atoms with Crippen molar-refractivity contribution in [1.82, 2.24) is 14.9 Å². The lowest BCUT2D eigenvalue weighted by atomic mass is 10.1. The summed E-state index contributed by atoms with van der Waals surface area (Å²) in [5, 5.41) is 3.18.